The van der Waals surface area contributed by atoms with Crippen molar-refractivity contribution in [1.82, 2.24) is 4.90 Å². The zero-order chi connectivity index (χ0) is 20.8. The summed E-state index contributed by atoms with van der Waals surface area (Å²) in [5, 5.41) is 0. The Kier molecular flexibility index (Phi) is 6.59. The molecule has 1 heterocycles. The first-order chi connectivity index (χ1) is 14.0. The van der Waals surface area contributed by atoms with E-state index in [0.29, 0.717) is 30.2 Å². The molecule has 1 saturated heterocycles. The highest BCUT2D eigenvalue weighted by Gasteiger charge is 2.22. The van der Waals surface area contributed by atoms with Gasteiger partial charge in [0.2, 0.25) is 0 Å². The molecule has 1 amide bonds. The molecule has 1 aliphatic heterocycles. The fourth-order valence-electron chi connectivity index (χ4n) is 3.30. The Morgan fingerprint density at radius 3 is 2.38 bits per heavy atom. The molecule has 0 atom stereocenters. The lowest BCUT2D eigenvalue weighted by atomic mass is 10.2. The monoisotopic (exact) mass is 398 g/mol. The third-order valence-electron chi connectivity index (χ3n) is 4.94. The van der Waals surface area contributed by atoms with Crippen LogP contribution in [0.15, 0.2) is 42.5 Å². The van der Waals surface area contributed by atoms with Crippen molar-refractivity contribution in [2.45, 2.75) is 6.92 Å². The molecular formula is C22H26N2O5. The number of methoxy groups -OCH3 is 2. The standard InChI is InChI=1S/C22H26N2O5/c1-16-5-4-6-18(13-16)23-9-11-24(12-10-23)21(25)15-29-19-8-7-17(22(26)28-3)14-20(19)27-2/h4-8,13-14H,9-12,15H2,1-3H3. The Morgan fingerprint density at radius 2 is 1.72 bits per heavy atom. The van der Waals surface area contributed by atoms with Gasteiger partial charge in [-0.3, -0.25) is 4.79 Å². The van der Waals surface area contributed by atoms with Gasteiger partial charge in [-0.25, -0.2) is 4.79 Å². The van der Waals surface area contributed by atoms with Crippen molar-refractivity contribution in [2.24, 2.45) is 0 Å². The second kappa shape index (κ2) is 9.32. The molecule has 7 nitrogen and oxygen atoms in total. The molecule has 154 valence electrons. The highest BCUT2D eigenvalue weighted by Crippen LogP contribution is 2.28. The number of piperazine rings is 1. The van der Waals surface area contributed by atoms with Gasteiger partial charge in [0.25, 0.3) is 5.91 Å². The summed E-state index contributed by atoms with van der Waals surface area (Å²) < 4.78 is 15.6. The lowest BCUT2D eigenvalue weighted by Crippen LogP contribution is -2.50. The van der Waals surface area contributed by atoms with E-state index in [4.69, 9.17) is 14.2 Å². The molecule has 1 fully saturated rings. The molecule has 0 N–H and O–H groups in total. The van der Waals surface area contributed by atoms with Crippen molar-refractivity contribution in [2.75, 3.05) is 51.9 Å². The van der Waals surface area contributed by atoms with Gasteiger partial charge in [-0.2, -0.15) is 0 Å². The molecule has 0 unspecified atom stereocenters. The molecule has 0 bridgehead atoms. The van der Waals surface area contributed by atoms with Gasteiger partial charge in [0.15, 0.2) is 18.1 Å². The first-order valence-corrected chi connectivity index (χ1v) is 9.50. The summed E-state index contributed by atoms with van der Waals surface area (Å²) in [6.07, 6.45) is 0. The van der Waals surface area contributed by atoms with Gasteiger partial charge in [-0.05, 0) is 42.8 Å². The summed E-state index contributed by atoms with van der Waals surface area (Å²) in [6, 6.07) is 13.1. The number of carbonyl (C=O) groups is 2. The van der Waals surface area contributed by atoms with Crippen molar-refractivity contribution in [3.05, 3.63) is 53.6 Å². The molecule has 7 heteroatoms. The third-order valence-corrected chi connectivity index (χ3v) is 4.94. The Hall–Kier alpha value is -3.22. The number of nitrogens with zero attached hydrogens (tertiary/aromatic N) is 2. The van der Waals surface area contributed by atoms with Crippen LogP contribution in [0.2, 0.25) is 0 Å². The van der Waals surface area contributed by atoms with Crippen LogP contribution in [0.5, 0.6) is 11.5 Å². The molecule has 0 spiro atoms. The first-order valence-electron chi connectivity index (χ1n) is 9.50. The van der Waals surface area contributed by atoms with Crippen LogP contribution in [0.3, 0.4) is 0 Å². The first kappa shape index (κ1) is 20.5. The van der Waals surface area contributed by atoms with Crippen LogP contribution >= 0.6 is 0 Å². The van der Waals surface area contributed by atoms with Crippen LogP contribution in [-0.2, 0) is 9.53 Å². The highest BCUT2D eigenvalue weighted by atomic mass is 16.5. The van der Waals surface area contributed by atoms with Crippen LogP contribution in [-0.4, -0.2) is 63.8 Å². The summed E-state index contributed by atoms with van der Waals surface area (Å²) in [5.74, 6) is 0.252. The van der Waals surface area contributed by atoms with Gasteiger partial charge in [0.05, 0.1) is 19.8 Å². The summed E-state index contributed by atoms with van der Waals surface area (Å²) in [6.45, 7) is 4.85. The number of aryl methyl sites for hydroxylation is 1. The average molecular weight is 398 g/mol. The minimum absolute atomic E-state index is 0.0759. The smallest absolute Gasteiger partial charge is 0.337 e. The predicted molar refractivity (Wildman–Crippen MR) is 110 cm³/mol. The molecule has 0 aromatic heterocycles. The maximum absolute atomic E-state index is 12.6. The number of anilines is 1. The van der Waals surface area contributed by atoms with E-state index in [2.05, 4.69) is 36.1 Å². The number of benzene rings is 2. The van der Waals surface area contributed by atoms with E-state index in [0.717, 1.165) is 13.1 Å². The number of rotatable bonds is 6. The average Bonchev–Trinajstić information content (AvgIpc) is 2.76. The van der Waals surface area contributed by atoms with E-state index in [1.165, 1.54) is 31.5 Å². The summed E-state index contributed by atoms with van der Waals surface area (Å²) in [5.41, 5.74) is 2.76. The molecule has 3 rings (SSSR count). The van der Waals surface area contributed by atoms with Crippen LogP contribution in [0.25, 0.3) is 0 Å². The van der Waals surface area contributed by atoms with Crippen molar-refractivity contribution < 1.29 is 23.8 Å². The fourth-order valence-corrected chi connectivity index (χ4v) is 3.30. The van der Waals surface area contributed by atoms with E-state index < -0.39 is 5.97 Å². The minimum Gasteiger partial charge on any atom is -0.493 e. The van der Waals surface area contributed by atoms with Crippen molar-refractivity contribution in [1.29, 1.82) is 0 Å². The van der Waals surface area contributed by atoms with E-state index >= 15 is 0 Å². The molecule has 2 aromatic rings. The fraction of sp³-hybridized carbons (Fsp3) is 0.364. The maximum Gasteiger partial charge on any atom is 0.337 e. The highest BCUT2D eigenvalue weighted by molar-refractivity contribution is 5.90. The number of hydrogen-bond donors (Lipinski definition) is 0. The van der Waals surface area contributed by atoms with Gasteiger partial charge < -0.3 is 24.0 Å². The zero-order valence-corrected chi connectivity index (χ0v) is 17.0. The van der Waals surface area contributed by atoms with Gasteiger partial charge in [-0.1, -0.05) is 12.1 Å². The quantitative estimate of drug-likeness (QED) is 0.697. The molecule has 0 saturated carbocycles. The molecule has 29 heavy (non-hydrogen) atoms. The number of ether oxygens (including phenoxy) is 3. The summed E-state index contributed by atoms with van der Waals surface area (Å²) in [7, 11) is 2.80. The minimum atomic E-state index is -0.461. The molecule has 0 radical (unpaired) electrons. The van der Waals surface area contributed by atoms with E-state index in [-0.39, 0.29) is 12.5 Å². The number of amides is 1. The van der Waals surface area contributed by atoms with Gasteiger partial charge in [-0.15, -0.1) is 0 Å². The summed E-state index contributed by atoms with van der Waals surface area (Å²) in [4.78, 5) is 28.3. The van der Waals surface area contributed by atoms with Crippen LogP contribution in [0, 0.1) is 6.92 Å². The van der Waals surface area contributed by atoms with E-state index in [1.807, 2.05) is 4.90 Å². The predicted octanol–water partition coefficient (Wildman–Crippen LogP) is 2.52. The van der Waals surface area contributed by atoms with Crippen molar-refractivity contribution >= 4 is 17.6 Å². The summed E-state index contributed by atoms with van der Waals surface area (Å²) >= 11 is 0. The van der Waals surface area contributed by atoms with Crippen LogP contribution in [0.1, 0.15) is 15.9 Å². The van der Waals surface area contributed by atoms with Gasteiger partial charge >= 0.3 is 5.97 Å². The number of esters is 1. The second-order valence-corrected chi connectivity index (χ2v) is 6.85. The van der Waals surface area contributed by atoms with Crippen molar-refractivity contribution in [3.63, 3.8) is 0 Å². The molecule has 2 aromatic carbocycles. The largest absolute Gasteiger partial charge is 0.493 e. The lowest BCUT2D eigenvalue weighted by molar-refractivity contribution is -0.133. The SMILES string of the molecule is COC(=O)c1ccc(OCC(=O)N2CCN(c3cccc(C)c3)CC2)c(OC)c1. The number of carbonyl (C=O) groups excluding carboxylic acids is 2. The molecule has 1 aliphatic rings. The van der Waals surface area contributed by atoms with Gasteiger partial charge in [0.1, 0.15) is 0 Å². The van der Waals surface area contributed by atoms with E-state index in [1.54, 1.807) is 12.1 Å². The van der Waals surface area contributed by atoms with Crippen molar-refractivity contribution in [3.8, 4) is 11.5 Å². The normalized spacial score (nSPS) is 13.8. The molecule has 0 aliphatic carbocycles. The third kappa shape index (κ3) is 4.99. The lowest BCUT2D eigenvalue weighted by Gasteiger charge is -2.36. The Bertz CT molecular complexity index is 875. The maximum atomic E-state index is 12.6. The van der Waals surface area contributed by atoms with Crippen LogP contribution in [0.4, 0.5) is 5.69 Å². The second-order valence-electron chi connectivity index (χ2n) is 6.85. The Morgan fingerprint density at radius 1 is 0.966 bits per heavy atom. The van der Waals surface area contributed by atoms with E-state index in [9.17, 15) is 9.59 Å². The Labute approximate surface area is 170 Å². The number of hydrogen-bond acceptors (Lipinski definition) is 6. The zero-order valence-electron chi connectivity index (χ0n) is 17.0. The molecular weight excluding hydrogens is 372 g/mol. The topological polar surface area (TPSA) is 68.3 Å². The Balaban J connectivity index is 1.54. The van der Waals surface area contributed by atoms with Gasteiger partial charge in [0, 0.05) is 31.9 Å². The van der Waals surface area contributed by atoms with Crippen LogP contribution < -0.4 is 14.4 Å².